The summed E-state index contributed by atoms with van der Waals surface area (Å²) in [6.45, 7) is 7.30. The third kappa shape index (κ3) is 4.98. The minimum absolute atomic E-state index is 0.186. The van der Waals surface area contributed by atoms with Crippen LogP contribution in [0, 0.1) is 0 Å². The molecule has 0 saturated heterocycles. The summed E-state index contributed by atoms with van der Waals surface area (Å²) < 4.78 is 34.2. The zero-order valence-electron chi connectivity index (χ0n) is 12.3. The Hall–Kier alpha value is -1.33. The molecule has 0 amide bonds. The molecule has 112 valence electrons. The van der Waals surface area contributed by atoms with Crippen LogP contribution in [0.25, 0.3) is 0 Å². The number of methoxy groups -OCH3 is 1. The smallest absolute Gasteiger partial charge is 0.271 e. The Morgan fingerprint density at radius 1 is 1.40 bits per heavy atom. The maximum atomic E-state index is 12.0. The highest BCUT2D eigenvalue weighted by molar-refractivity contribution is 7.85. The molecule has 0 aromatic heterocycles. The predicted octanol–water partition coefficient (Wildman–Crippen LogP) is 3.07. The second kappa shape index (κ2) is 7.45. The zero-order chi connectivity index (χ0) is 15.2. The van der Waals surface area contributed by atoms with Gasteiger partial charge in [0.25, 0.3) is 10.1 Å². The highest BCUT2D eigenvalue weighted by atomic mass is 32.2. The van der Waals surface area contributed by atoms with Crippen molar-refractivity contribution in [2.75, 3.05) is 7.11 Å². The Bertz CT molecular complexity index is 549. The summed E-state index contributed by atoms with van der Waals surface area (Å²) in [6, 6.07) is 5.46. The van der Waals surface area contributed by atoms with E-state index in [1.54, 1.807) is 19.1 Å². The summed E-state index contributed by atoms with van der Waals surface area (Å²) in [5, 5.41) is 0. The minimum atomic E-state index is -3.60. The molecular formula is C15H22O4S. The standard InChI is InChI=1S/C15H22O4S/c1-5-7-13-8-9-14(15(10-13)18-4)11-20(16,17)19-12(3)6-2/h5,8-10,12H,1,6-7,11H2,2-4H3. The van der Waals surface area contributed by atoms with Gasteiger partial charge in [0.15, 0.2) is 0 Å². The number of benzene rings is 1. The molecule has 0 saturated carbocycles. The average molecular weight is 298 g/mol. The quantitative estimate of drug-likeness (QED) is 0.547. The second-order valence-electron chi connectivity index (χ2n) is 4.66. The third-order valence-corrected chi connectivity index (χ3v) is 4.24. The van der Waals surface area contributed by atoms with Gasteiger partial charge in [-0.25, -0.2) is 0 Å². The molecule has 0 aliphatic carbocycles. The van der Waals surface area contributed by atoms with Gasteiger partial charge < -0.3 is 4.74 Å². The Morgan fingerprint density at radius 2 is 2.10 bits per heavy atom. The van der Waals surface area contributed by atoms with Gasteiger partial charge in [-0.05, 0) is 31.4 Å². The molecule has 0 aliphatic rings. The van der Waals surface area contributed by atoms with Gasteiger partial charge >= 0.3 is 0 Å². The van der Waals surface area contributed by atoms with Crippen molar-refractivity contribution in [3.8, 4) is 5.75 Å². The van der Waals surface area contributed by atoms with Gasteiger partial charge in [-0.1, -0.05) is 25.1 Å². The number of hydrogen-bond acceptors (Lipinski definition) is 4. The van der Waals surface area contributed by atoms with E-state index in [-0.39, 0.29) is 11.9 Å². The van der Waals surface area contributed by atoms with Crippen LogP contribution in [-0.4, -0.2) is 21.6 Å². The summed E-state index contributed by atoms with van der Waals surface area (Å²) in [5.41, 5.74) is 1.63. The number of ether oxygens (including phenoxy) is 1. The van der Waals surface area contributed by atoms with E-state index in [2.05, 4.69) is 6.58 Å². The fourth-order valence-electron chi connectivity index (χ4n) is 1.74. The molecule has 20 heavy (non-hydrogen) atoms. The van der Waals surface area contributed by atoms with Crippen LogP contribution in [0.4, 0.5) is 0 Å². The summed E-state index contributed by atoms with van der Waals surface area (Å²) in [4.78, 5) is 0. The van der Waals surface area contributed by atoms with E-state index in [1.807, 2.05) is 19.1 Å². The van der Waals surface area contributed by atoms with E-state index >= 15 is 0 Å². The predicted molar refractivity (Wildman–Crippen MR) is 80.4 cm³/mol. The van der Waals surface area contributed by atoms with E-state index < -0.39 is 10.1 Å². The summed E-state index contributed by atoms with van der Waals surface area (Å²) in [7, 11) is -2.08. The van der Waals surface area contributed by atoms with Gasteiger partial charge in [0.1, 0.15) is 11.5 Å². The van der Waals surface area contributed by atoms with Crippen LogP contribution >= 0.6 is 0 Å². The van der Waals surface area contributed by atoms with Crippen molar-refractivity contribution >= 4 is 10.1 Å². The van der Waals surface area contributed by atoms with Crippen LogP contribution < -0.4 is 4.74 Å². The molecule has 0 aliphatic heterocycles. The first-order valence-corrected chi connectivity index (χ1v) is 8.17. The van der Waals surface area contributed by atoms with Crippen LogP contribution in [0.5, 0.6) is 5.75 Å². The molecule has 1 aromatic carbocycles. The van der Waals surface area contributed by atoms with E-state index in [9.17, 15) is 8.42 Å². The fraction of sp³-hybridized carbons (Fsp3) is 0.467. The first-order chi connectivity index (χ1) is 9.41. The maximum absolute atomic E-state index is 12.0. The highest BCUT2D eigenvalue weighted by Crippen LogP contribution is 2.24. The molecule has 0 bridgehead atoms. The molecule has 0 radical (unpaired) electrons. The van der Waals surface area contributed by atoms with Crippen molar-refractivity contribution in [2.24, 2.45) is 0 Å². The second-order valence-corrected chi connectivity index (χ2v) is 6.25. The number of hydrogen-bond donors (Lipinski definition) is 0. The maximum Gasteiger partial charge on any atom is 0.271 e. The molecule has 0 heterocycles. The molecule has 0 N–H and O–H groups in total. The molecule has 1 rings (SSSR count). The van der Waals surface area contributed by atoms with E-state index in [0.29, 0.717) is 24.2 Å². The third-order valence-electron chi connectivity index (χ3n) is 2.95. The molecule has 1 atom stereocenters. The van der Waals surface area contributed by atoms with Crippen molar-refractivity contribution in [1.29, 1.82) is 0 Å². The fourth-order valence-corrected chi connectivity index (χ4v) is 3.07. The van der Waals surface area contributed by atoms with Gasteiger partial charge in [-0.3, -0.25) is 4.18 Å². The van der Waals surface area contributed by atoms with Crippen LogP contribution in [0.15, 0.2) is 30.9 Å². The zero-order valence-corrected chi connectivity index (χ0v) is 13.1. The van der Waals surface area contributed by atoms with Crippen molar-refractivity contribution in [2.45, 2.75) is 38.5 Å². The first-order valence-electron chi connectivity index (χ1n) is 6.59. The molecule has 0 spiro atoms. The van der Waals surface area contributed by atoms with Gasteiger partial charge in [-0.15, -0.1) is 6.58 Å². The largest absolute Gasteiger partial charge is 0.496 e. The van der Waals surface area contributed by atoms with E-state index in [0.717, 1.165) is 5.56 Å². The monoisotopic (exact) mass is 298 g/mol. The molecule has 4 nitrogen and oxygen atoms in total. The number of rotatable bonds is 8. The topological polar surface area (TPSA) is 52.6 Å². The van der Waals surface area contributed by atoms with Crippen LogP contribution in [-0.2, 0) is 26.5 Å². The average Bonchev–Trinajstić information content (AvgIpc) is 2.39. The lowest BCUT2D eigenvalue weighted by atomic mass is 10.1. The minimum Gasteiger partial charge on any atom is -0.496 e. The van der Waals surface area contributed by atoms with Crippen molar-refractivity contribution in [1.82, 2.24) is 0 Å². The Labute approximate surface area is 121 Å². The normalized spacial score (nSPS) is 12.9. The molecule has 5 heteroatoms. The van der Waals surface area contributed by atoms with Gasteiger partial charge in [0, 0.05) is 5.56 Å². The SMILES string of the molecule is C=CCc1ccc(CS(=O)(=O)OC(C)CC)c(OC)c1. The lowest BCUT2D eigenvalue weighted by Crippen LogP contribution is -2.16. The Kier molecular flexibility index (Phi) is 6.23. The van der Waals surface area contributed by atoms with Crippen LogP contribution in [0.1, 0.15) is 31.4 Å². The van der Waals surface area contributed by atoms with Gasteiger partial charge in [0.2, 0.25) is 0 Å². The molecule has 1 aromatic rings. The van der Waals surface area contributed by atoms with Crippen LogP contribution in [0.3, 0.4) is 0 Å². The van der Waals surface area contributed by atoms with E-state index in [1.165, 1.54) is 7.11 Å². The van der Waals surface area contributed by atoms with Gasteiger partial charge in [-0.2, -0.15) is 8.42 Å². The Balaban J connectivity index is 2.94. The molecular weight excluding hydrogens is 276 g/mol. The van der Waals surface area contributed by atoms with Crippen LogP contribution in [0.2, 0.25) is 0 Å². The molecule has 0 fully saturated rings. The van der Waals surface area contributed by atoms with Crippen molar-refractivity contribution in [3.63, 3.8) is 0 Å². The lowest BCUT2D eigenvalue weighted by molar-refractivity contribution is 0.224. The van der Waals surface area contributed by atoms with Crippen molar-refractivity contribution in [3.05, 3.63) is 42.0 Å². The van der Waals surface area contributed by atoms with Crippen molar-refractivity contribution < 1.29 is 17.3 Å². The summed E-state index contributed by atoms with van der Waals surface area (Å²) >= 11 is 0. The summed E-state index contributed by atoms with van der Waals surface area (Å²) in [5.74, 6) is 0.371. The van der Waals surface area contributed by atoms with Gasteiger partial charge in [0.05, 0.1) is 13.2 Å². The molecule has 1 unspecified atom stereocenters. The summed E-state index contributed by atoms with van der Waals surface area (Å²) in [6.07, 6.45) is 2.84. The highest BCUT2D eigenvalue weighted by Gasteiger charge is 2.18. The van der Waals surface area contributed by atoms with E-state index in [4.69, 9.17) is 8.92 Å². The number of allylic oxidation sites excluding steroid dienone is 1. The lowest BCUT2D eigenvalue weighted by Gasteiger charge is -2.13. The Morgan fingerprint density at radius 3 is 2.65 bits per heavy atom. The first kappa shape index (κ1) is 16.7.